The van der Waals surface area contributed by atoms with Crippen molar-refractivity contribution in [3.05, 3.63) is 11.9 Å². The van der Waals surface area contributed by atoms with E-state index in [1.54, 1.807) is 24.9 Å². The first-order valence-corrected chi connectivity index (χ1v) is 4.18. The van der Waals surface area contributed by atoms with Crippen LogP contribution >= 0.6 is 0 Å². The summed E-state index contributed by atoms with van der Waals surface area (Å²) in [6.07, 6.45) is 2.47. The second-order valence-electron chi connectivity index (χ2n) is 2.80. The summed E-state index contributed by atoms with van der Waals surface area (Å²) >= 11 is 0. The van der Waals surface area contributed by atoms with Crippen molar-refractivity contribution in [3.63, 3.8) is 0 Å². The van der Waals surface area contributed by atoms with Gasteiger partial charge >= 0.3 is 0 Å². The van der Waals surface area contributed by atoms with E-state index >= 15 is 0 Å². The number of aryl methyl sites for hydroxylation is 1. The fraction of sp³-hybridized carbons (Fsp3) is 0.556. The van der Waals surface area contributed by atoms with Gasteiger partial charge in [0, 0.05) is 13.5 Å². The van der Waals surface area contributed by atoms with Gasteiger partial charge in [0.1, 0.15) is 11.8 Å². The molecule has 1 unspecified atom stereocenters. The molecule has 1 aromatic rings. The van der Waals surface area contributed by atoms with E-state index in [2.05, 4.69) is 22.2 Å². The molecule has 0 saturated carbocycles. The zero-order valence-corrected chi connectivity index (χ0v) is 7.86. The molecule has 1 heterocycles. The van der Waals surface area contributed by atoms with Crippen molar-refractivity contribution >= 4 is 0 Å². The highest BCUT2D eigenvalue weighted by Crippen LogP contribution is 2.13. The normalized spacial score (nSPS) is 11.9. The molecule has 1 rings (SSSR count). The minimum Gasteiger partial charge on any atom is -0.387 e. The topological polar surface area (TPSA) is 50.9 Å². The second kappa shape index (κ2) is 4.63. The van der Waals surface area contributed by atoms with Crippen LogP contribution in [0.1, 0.15) is 31.6 Å². The van der Waals surface area contributed by atoms with Gasteiger partial charge in [0.15, 0.2) is 0 Å². The summed E-state index contributed by atoms with van der Waals surface area (Å²) in [6.45, 7) is 1.79. The highest BCUT2D eigenvalue weighted by atomic mass is 16.3. The minimum atomic E-state index is -0.547. The Hall–Kier alpha value is -1.34. The van der Waals surface area contributed by atoms with Gasteiger partial charge in [-0.2, -0.15) is 0 Å². The predicted octanol–water partition coefficient (Wildman–Crippen LogP) is 0.652. The first kappa shape index (κ1) is 9.75. The predicted molar refractivity (Wildman–Crippen MR) is 48.6 cm³/mol. The summed E-state index contributed by atoms with van der Waals surface area (Å²) in [7, 11) is 1.77. The third-order valence-electron chi connectivity index (χ3n) is 1.68. The molecule has 1 aromatic heterocycles. The molecule has 0 aromatic carbocycles. The van der Waals surface area contributed by atoms with E-state index in [0.717, 1.165) is 0 Å². The zero-order chi connectivity index (χ0) is 9.68. The Morgan fingerprint density at radius 3 is 3.00 bits per heavy atom. The van der Waals surface area contributed by atoms with Crippen LogP contribution in [-0.4, -0.2) is 20.1 Å². The maximum Gasteiger partial charge on any atom is 0.111 e. The molecule has 0 spiro atoms. The number of aliphatic hydroxyl groups is 1. The lowest BCUT2D eigenvalue weighted by Gasteiger charge is -2.02. The lowest BCUT2D eigenvalue weighted by atomic mass is 10.1. The van der Waals surface area contributed by atoms with Crippen molar-refractivity contribution < 1.29 is 5.11 Å². The summed E-state index contributed by atoms with van der Waals surface area (Å²) in [5, 5.41) is 17.1. The monoisotopic (exact) mass is 179 g/mol. The Kier molecular flexibility index (Phi) is 3.47. The van der Waals surface area contributed by atoms with Crippen molar-refractivity contribution in [2.45, 2.75) is 25.9 Å². The fourth-order valence-electron chi connectivity index (χ4n) is 1.000. The molecular formula is C9H13N3O. The molecule has 1 N–H and O–H groups in total. The quantitative estimate of drug-likeness (QED) is 0.693. The number of rotatable bonds is 3. The van der Waals surface area contributed by atoms with Crippen molar-refractivity contribution in [2.24, 2.45) is 7.05 Å². The first-order chi connectivity index (χ1) is 6.24. The average molecular weight is 179 g/mol. The highest BCUT2D eigenvalue weighted by molar-refractivity contribution is 5.00. The van der Waals surface area contributed by atoms with E-state index in [1.807, 2.05) is 0 Å². The summed E-state index contributed by atoms with van der Waals surface area (Å²) in [4.78, 5) is 0. The Bertz CT molecular complexity index is 321. The van der Waals surface area contributed by atoms with E-state index in [1.165, 1.54) is 0 Å². The molecule has 0 aliphatic rings. The molecule has 0 aliphatic carbocycles. The number of aliphatic hydroxyl groups excluding tert-OH is 1. The van der Waals surface area contributed by atoms with E-state index in [9.17, 15) is 5.11 Å². The van der Waals surface area contributed by atoms with Crippen LogP contribution < -0.4 is 0 Å². The van der Waals surface area contributed by atoms with Gasteiger partial charge in [0.05, 0.1) is 6.20 Å². The standard InChI is InChI=1S/C9H13N3O/c1-3-4-5-6-9(13)8-7-12(2)11-10-8/h7,9,13H,5-6H2,1-2H3. The molecule has 4 heteroatoms. The van der Waals surface area contributed by atoms with Crippen LogP contribution in [-0.2, 0) is 7.05 Å². The molecule has 13 heavy (non-hydrogen) atoms. The molecule has 0 radical (unpaired) electrons. The molecular weight excluding hydrogens is 166 g/mol. The van der Waals surface area contributed by atoms with Gasteiger partial charge in [0.2, 0.25) is 0 Å². The lowest BCUT2D eigenvalue weighted by Crippen LogP contribution is -1.97. The summed E-state index contributed by atoms with van der Waals surface area (Å²) in [5.74, 6) is 5.67. The Labute approximate surface area is 77.6 Å². The SMILES string of the molecule is CC#CCCC(O)c1cn(C)nn1. The van der Waals surface area contributed by atoms with E-state index in [-0.39, 0.29) is 0 Å². The molecule has 70 valence electrons. The summed E-state index contributed by atoms with van der Waals surface area (Å²) < 4.78 is 1.57. The van der Waals surface area contributed by atoms with Crippen LogP contribution in [0.15, 0.2) is 6.20 Å². The third-order valence-corrected chi connectivity index (χ3v) is 1.68. The van der Waals surface area contributed by atoms with Gasteiger partial charge in [-0.25, -0.2) is 0 Å². The smallest absolute Gasteiger partial charge is 0.111 e. The van der Waals surface area contributed by atoms with Crippen LogP contribution in [0.4, 0.5) is 0 Å². The van der Waals surface area contributed by atoms with Crippen LogP contribution in [0.3, 0.4) is 0 Å². The lowest BCUT2D eigenvalue weighted by molar-refractivity contribution is 0.164. The van der Waals surface area contributed by atoms with Gasteiger partial charge < -0.3 is 5.11 Å². The van der Waals surface area contributed by atoms with Crippen molar-refractivity contribution in [2.75, 3.05) is 0 Å². The highest BCUT2D eigenvalue weighted by Gasteiger charge is 2.09. The molecule has 4 nitrogen and oxygen atoms in total. The van der Waals surface area contributed by atoms with Gasteiger partial charge in [-0.05, 0) is 13.3 Å². The van der Waals surface area contributed by atoms with Crippen LogP contribution in [0, 0.1) is 11.8 Å². The van der Waals surface area contributed by atoms with Gasteiger partial charge in [-0.1, -0.05) is 5.21 Å². The van der Waals surface area contributed by atoms with Crippen LogP contribution in [0.25, 0.3) is 0 Å². The maximum atomic E-state index is 9.58. The van der Waals surface area contributed by atoms with Gasteiger partial charge in [-0.15, -0.1) is 16.9 Å². The molecule has 0 aliphatic heterocycles. The average Bonchev–Trinajstić information content (AvgIpc) is 2.52. The van der Waals surface area contributed by atoms with Gasteiger partial charge in [0.25, 0.3) is 0 Å². The molecule has 0 bridgehead atoms. The molecule has 1 atom stereocenters. The van der Waals surface area contributed by atoms with Crippen molar-refractivity contribution in [1.29, 1.82) is 0 Å². The Morgan fingerprint density at radius 2 is 2.46 bits per heavy atom. The first-order valence-electron chi connectivity index (χ1n) is 4.18. The van der Waals surface area contributed by atoms with Gasteiger partial charge in [-0.3, -0.25) is 4.68 Å². The Balaban J connectivity index is 2.47. The molecule has 0 saturated heterocycles. The Morgan fingerprint density at radius 1 is 1.69 bits per heavy atom. The van der Waals surface area contributed by atoms with E-state index < -0.39 is 6.10 Å². The van der Waals surface area contributed by atoms with E-state index in [0.29, 0.717) is 18.5 Å². The second-order valence-corrected chi connectivity index (χ2v) is 2.80. The number of hydrogen-bond donors (Lipinski definition) is 1. The van der Waals surface area contributed by atoms with E-state index in [4.69, 9.17) is 0 Å². The van der Waals surface area contributed by atoms with Crippen molar-refractivity contribution in [3.8, 4) is 11.8 Å². The number of hydrogen-bond acceptors (Lipinski definition) is 3. The van der Waals surface area contributed by atoms with Crippen LogP contribution in [0.2, 0.25) is 0 Å². The molecule has 0 fully saturated rings. The largest absolute Gasteiger partial charge is 0.387 e. The number of aromatic nitrogens is 3. The zero-order valence-electron chi connectivity index (χ0n) is 7.86. The summed E-state index contributed by atoms with van der Waals surface area (Å²) in [5.41, 5.74) is 0.611. The summed E-state index contributed by atoms with van der Waals surface area (Å²) in [6, 6.07) is 0. The van der Waals surface area contributed by atoms with Crippen molar-refractivity contribution in [1.82, 2.24) is 15.0 Å². The maximum absolute atomic E-state index is 9.58. The molecule has 0 amide bonds. The minimum absolute atomic E-state index is 0.547. The third kappa shape index (κ3) is 2.88. The fourth-order valence-corrected chi connectivity index (χ4v) is 1.000. The van der Waals surface area contributed by atoms with Crippen LogP contribution in [0.5, 0.6) is 0 Å². The number of nitrogens with zero attached hydrogens (tertiary/aromatic N) is 3.